The zero-order valence-corrected chi connectivity index (χ0v) is 93.1. The second-order valence-corrected chi connectivity index (χ2v) is 56.3. The van der Waals surface area contributed by atoms with Crippen LogP contribution in [0, 0.1) is 47.2 Å². The van der Waals surface area contributed by atoms with Gasteiger partial charge in [-0.3, -0.25) is 48.7 Å². The van der Waals surface area contributed by atoms with E-state index in [2.05, 4.69) is 328 Å². The van der Waals surface area contributed by atoms with Gasteiger partial charge < -0.3 is 35.4 Å². The Bertz CT molecular complexity index is 6760. The van der Waals surface area contributed by atoms with Gasteiger partial charge in [0.25, 0.3) is 11.9 Å². The Morgan fingerprint density at radius 1 is 0.354 bits per heavy atom. The molecule has 147 heavy (non-hydrogen) atoms. The summed E-state index contributed by atoms with van der Waals surface area (Å²) in [5, 5.41) is 29.0. The molecule has 14 aromatic rings. The predicted molar refractivity (Wildman–Crippen MR) is 623 cm³/mol. The number of terminal acetylenes is 2. The van der Waals surface area contributed by atoms with Crippen molar-refractivity contribution in [2.45, 2.75) is 85.6 Å². The molecule has 5 heterocycles. The number of aliphatic carboxylic acids is 2. The van der Waals surface area contributed by atoms with Gasteiger partial charge in [-0.2, -0.15) is 0 Å². The molecule has 0 atom stereocenters. The van der Waals surface area contributed by atoms with E-state index in [1.54, 1.807) is 23.9 Å². The summed E-state index contributed by atoms with van der Waals surface area (Å²) in [7, 11) is -1.31. The molecule has 4 N–H and O–H groups in total. The molecular weight excluding hydrogens is 2070 g/mol. The van der Waals surface area contributed by atoms with Crippen molar-refractivity contribution in [3.8, 4) is 47.2 Å². The van der Waals surface area contributed by atoms with Gasteiger partial charge in [0.15, 0.2) is 0 Å². The Balaban J connectivity index is 0.000000189. The van der Waals surface area contributed by atoms with Crippen LogP contribution in [0.2, 0.25) is 58.9 Å². The Kier molecular flexibility index (Phi) is 46.7. The molecule has 0 radical (unpaired) electrons. The zero-order valence-electron chi connectivity index (χ0n) is 85.1. The second kappa shape index (κ2) is 59.1. The number of halogens is 1. The maximum absolute atomic E-state index is 12.3. The predicted octanol–water partition coefficient (Wildman–Crippen LogP) is 22.5. The summed E-state index contributed by atoms with van der Waals surface area (Å²) in [4.78, 5) is 87.4. The quantitative estimate of drug-likeness (QED) is 0.0578. The van der Waals surface area contributed by atoms with Gasteiger partial charge in [-0.25, -0.2) is 0 Å². The Morgan fingerprint density at radius 2 is 0.599 bits per heavy atom. The molecule has 0 spiro atoms. The van der Waals surface area contributed by atoms with Gasteiger partial charge in [0.05, 0.1) is 45.6 Å². The van der Waals surface area contributed by atoms with Crippen molar-refractivity contribution in [2.75, 3.05) is 73.9 Å². The number of amides is 4. The molecule has 24 heteroatoms. The maximum atomic E-state index is 12.3. The number of likely N-dealkylation sites (N-methyl/N-ethyl adjacent to an activating group) is 2. The smallest absolute Gasteiger partial charge is 0.300 e. The molecule has 17 nitrogen and oxygen atoms in total. The molecular formula is C123H123BrN8O9P2PdSi3. The fourth-order valence-electron chi connectivity index (χ4n) is 14.5. The first-order chi connectivity index (χ1) is 70.1. The number of hydrogen-bond donors (Lipinski definition) is 4. The number of carbonyl (C=O) groups is 6. The van der Waals surface area contributed by atoms with E-state index in [0.29, 0.717) is 0 Å². The second-order valence-electron chi connectivity index (χ2n) is 36.6. The normalized spacial score (nSPS) is 12.8. The molecule has 4 amide bonds. The van der Waals surface area contributed by atoms with E-state index in [1.165, 1.54) is 44.7 Å². The van der Waals surface area contributed by atoms with Gasteiger partial charge in [0.1, 0.15) is 50.4 Å². The van der Waals surface area contributed by atoms with E-state index in [0.717, 1.165) is 138 Å². The number of benzodiazepines with no additional fused rings is 4. The topological polar surface area (TPSA) is 232 Å². The number of anilines is 4. The van der Waals surface area contributed by atoms with Crippen molar-refractivity contribution in [3.05, 3.63) is 442 Å². The summed E-state index contributed by atoms with van der Waals surface area (Å²) in [6, 6.07) is 128. The molecule has 1 fully saturated rings. The number of nitrogens with one attached hydrogen (secondary N) is 2. The number of aliphatic imine (C=N–C) groups is 4. The van der Waals surface area contributed by atoms with Crippen LogP contribution >= 0.6 is 31.8 Å². The van der Waals surface area contributed by atoms with Crippen LogP contribution < -0.4 is 52.3 Å². The fourth-order valence-corrected chi connectivity index (χ4v) is 20.5. The molecule has 5 aliphatic heterocycles. The summed E-state index contributed by atoms with van der Waals surface area (Å²) in [6.07, 6.45) is 13.2. The maximum Gasteiger partial charge on any atom is 0.300 e. The third-order valence-electron chi connectivity index (χ3n) is 21.4. The molecule has 5 aliphatic rings. The average molecular weight is 2190 g/mol. The van der Waals surface area contributed by atoms with Gasteiger partial charge in [0, 0.05) is 127 Å². The van der Waals surface area contributed by atoms with Crippen molar-refractivity contribution < 1.29 is 64.1 Å². The van der Waals surface area contributed by atoms with Crippen molar-refractivity contribution in [1.82, 2.24) is 0 Å². The molecule has 19 rings (SSSR count). The Morgan fingerprint density at radius 3 is 0.871 bits per heavy atom. The summed E-state index contributed by atoms with van der Waals surface area (Å²) in [5.74, 6) is 7.34. The van der Waals surface area contributed by atoms with Crippen molar-refractivity contribution in [3.63, 3.8) is 0 Å². The zero-order chi connectivity index (χ0) is 105. The first-order valence-corrected chi connectivity index (χ1v) is 61.8. The number of benzene rings is 14. The van der Waals surface area contributed by atoms with E-state index < -0.39 is 52.0 Å². The van der Waals surface area contributed by atoms with E-state index in [9.17, 15) is 19.2 Å². The van der Waals surface area contributed by atoms with Crippen molar-refractivity contribution >= 4 is 169 Å². The van der Waals surface area contributed by atoms with Crippen LogP contribution in [0.3, 0.4) is 0 Å². The minimum atomic E-state index is -1.45. The largest absolute Gasteiger partial charge is 0.481 e. The molecule has 0 bridgehead atoms. The SMILES string of the molecule is C#C[Si](C)(C)C.C#Cc1ccc2c(c1)C(c1ccccc1)=NCC(=O)N2C.C1CCOC1.CC(=O)O.CC(=O)O.CN1C(=O)CN=C(c2ccccc2)c2cc(C#C[Si](C)(C)C)ccc21.C[Si](C)(C)C#Cc1ccc2c(c1)C(c1ccccc1)=NCC(=O)N2.O=C1CN=C(c2ccccc2)c2cc(Br)ccc2N1.[Pd].c1ccc(P(c2ccccc2)c2ccccc2)cc1.c1ccc(P(c2ccccc2)c2ccccc2)cc1. The van der Waals surface area contributed by atoms with Crippen molar-refractivity contribution in [2.24, 2.45) is 20.0 Å². The molecule has 0 saturated carbocycles. The van der Waals surface area contributed by atoms with Crippen LogP contribution in [-0.4, -0.2) is 146 Å². The van der Waals surface area contributed by atoms with E-state index in [-0.39, 0.29) is 70.2 Å². The summed E-state index contributed by atoms with van der Waals surface area (Å²) in [5.41, 5.74) is 26.6. The Hall–Kier alpha value is -14.6. The minimum Gasteiger partial charge on any atom is -0.481 e. The third kappa shape index (κ3) is 38.4. The molecule has 0 unspecified atom stereocenters. The average Bonchev–Trinajstić information content (AvgIpc) is 1.69. The molecule has 0 aliphatic carbocycles. The summed E-state index contributed by atoms with van der Waals surface area (Å²) < 4.78 is 5.91. The molecule has 1 saturated heterocycles. The van der Waals surface area contributed by atoms with Gasteiger partial charge >= 0.3 is 0 Å². The van der Waals surface area contributed by atoms with Crippen LogP contribution in [0.1, 0.15) is 87.9 Å². The van der Waals surface area contributed by atoms with Crippen LogP contribution in [0.4, 0.5) is 22.7 Å². The first kappa shape index (κ1) is 116. The van der Waals surface area contributed by atoms with Gasteiger partial charge in [-0.1, -0.05) is 396 Å². The number of carbonyl (C=O) groups excluding carboxylic acids is 4. The monoisotopic (exact) mass is 2190 g/mol. The first-order valence-electron chi connectivity index (χ1n) is 47.8. The fraction of sp³-hybridized carbons (Fsp3) is 0.171. The van der Waals surface area contributed by atoms with E-state index in [1.807, 2.05) is 188 Å². The third-order valence-corrected chi connectivity index (χ3v) is 29.4. The van der Waals surface area contributed by atoms with Crippen LogP contribution in [0.5, 0.6) is 0 Å². The minimum absolute atomic E-state index is 0. The van der Waals surface area contributed by atoms with E-state index in [4.69, 9.17) is 37.4 Å². The van der Waals surface area contributed by atoms with Crippen LogP contribution in [0.25, 0.3) is 0 Å². The molecule has 0 aromatic heterocycles. The number of hydrogen-bond acceptors (Lipinski definition) is 11. The number of nitrogens with zero attached hydrogens (tertiary/aromatic N) is 6. The number of fused-ring (bicyclic) bond motifs is 4. The van der Waals surface area contributed by atoms with Crippen molar-refractivity contribution in [1.29, 1.82) is 0 Å². The Labute approximate surface area is 894 Å². The standard InChI is InChI=1S/C21H22N2OSi.C20H20N2OSi.C18H14N2O.2C18H15P.C15H11BrN2O.C5H10Si.C4H8O.2C2H4O2.Pd/c1-23-19-11-10-16(12-13-25(2,3)4)14-18(19)21(22-15-20(23)24)17-8-6-5-7-9-17;1-24(2,3)12-11-15-9-10-18-17(13-15)20(21-14-19(23)22-18)16-7-5-4-6-8-16;1-3-13-9-10-16-15(11-13)18(14-7-5-4-6-8-14)19-12-17(21)20(16)2;2*1-4-10-16(11-5-1)19(17-12-6-2-7-13-17)18-14-8-3-9-15-18;16-11-6-7-13-12(8-11)15(17-9-14(19)18-13)10-4-2-1-3-5-10;1-5-6(2,3)4;1-2-4-5-3-1;2*1-2(3)4;/h5-11,14H,15H2,1-4H3;4-10,13H,14H2,1-3H3,(H,22,23);1,4-11H,12H2,2H3;2*1-15H;1-8H,9H2,(H,18,19);1H,2-4H3;1-4H2;2*1H3,(H,3,4);. The number of rotatable bonds is 10. The summed E-state index contributed by atoms with van der Waals surface area (Å²) >= 11 is 3.46. The van der Waals surface area contributed by atoms with Crippen LogP contribution in [-0.2, 0) is 53.9 Å². The number of carboxylic acid groups (broad SMARTS) is 2. The van der Waals surface area contributed by atoms with E-state index >= 15 is 0 Å². The van der Waals surface area contributed by atoms with Crippen LogP contribution in [0.15, 0.2) is 401 Å². The molecule has 14 aromatic carbocycles. The number of carboxylic acids is 2. The van der Waals surface area contributed by atoms with Gasteiger partial charge in [0.2, 0.25) is 23.6 Å². The van der Waals surface area contributed by atoms with Gasteiger partial charge in [-0.15, -0.1) is 29.5 Å². The molecule has 748 valence electrons. The van der Waals surface area contributed by atoms with Gasteiger partial charge in [-0.05, 0) is 133 Å². The summed E-state index contributed by atoms with van der Waals surface area (Å²) in [6.45, 7) is 24.5. The number of ether oxygens (including phenoxy) is 1.